The average molecular weight is 290 g/mol. The van der Waals surface area contributed by atoms with Gasteiger partial charge in [0.2, 0.25) is 0 Å². The van der Waals surface area contributed by atoms with E-state index in [-0.39, 0.29) is 12.1 Å². The summed E-state index contributed by atoms with van der Waals surface area (Å²) in [5.41, 5.74) is -2.04. The highest BCUT2D eigenvalue weighted by atomic mass is 79.9. The number of aromatic nitrogens is 1. The van der Waals surface area contributed by atoms with Crippen molar-refractivity contribution in [2.45, 2.75) is 19.1 Å². The van der Waals surface area contributed by atoms with E-state index in [1.165, 1.54) is 24.8 Å². The van der Waals surface area contributed by atoms with Gasteiger partial charge in [-0.3, -0.25) is 4.79 Å². The lowest BCUT2D eigenvalue weighted by Crippen LogP contribution is -2.43. The lowest BCUT2D eigenvalue weighted by Gasteiger charge is -2.21. The van der Waals surface area contributed by atoms with Gasteiger partial charge in [-0.1, -0.05) is 0 Å². The van der Waals surface area contributed by atoms with Gasteiger partial charge in [-0.15, -0.1) is 0 Å². The van der Waals surface area contributed by atoms with Gasteiger partial charge in [0, 0.05) is 6.20 Å². The Kier molecular flexibility index (Phi) is 3.88. The van der Waals surface area contributed by atoms with Crippen LogP contribution < -0.4 is 5.56 Å². The molecule has 0 saturated heterocycles. The largest absolute Gasteiger partial charge is 0.467 e. The number of hydrogen-bond donors (Lipinski definition) is 1. The molecule has 0 radical (unpaired) electrons. The Morgan fingerprint density at radius 3 is 2.88 bits per heavy atom. The number of rotatable bonds is 3. The van der Waals surface area contributed by atoms with Crippen LogP contribution in [0.25, 0.3) is 0 Å². The summed E-state index contributed by atoms with van der Waals surface area (Å²) < 4.78 is 6.05. The summed E-state index contributed by atoms with van der Waals surface area (Å²) in [5, 5.41) is 9.80. The average Bonchev–Trinajstić information content (AvgIpc) is 2.23. The van der Waals surface area contributed by atoms with E-state index in [1.54, 1.807) is 12.1 Å². The lowest BCUT2D eigenvalue weighted by molar-refractivity contribution is -0.161. The molecule has 1 rings (SSSR count). The van der Waals surface area contributed by atoms with Gasteiger partial charge in [-0.25, -0.2) is 4.79 Å². The molecule has 88 valence electrons. The number of esters is 1. The van der Waals surface area contributed by atoms with E-state index in [4.69, 9.17) is 0 Å². The van der Waals surface area contributed by atoms with Crippen molar-refractivity contribution in [3.05, 3.63) is 33.2 Å². The monoisotopic (exact) mass is 289 g/mol. The zero-order valence-corrected chi connectivity index (χ0v) is 10.5. The summed E-state index contributed by atoms with van der Waals surface area (Å²) in [5.74, 6) is -0.778. The van der Waals surface area contributed by atoms with Gasteiger partial charge < -0.3 is 14.4 Å². The predicted molar refractivity (Wildman–Crippen MR) is 61.0 cm³/mol. The molecule has 0 bridgehead atoms. The molecule has 1 aromatic heterocycles. The van der Waals surface area contributed by atoms with Crippen molar-refractivity contribution in [3.63, 3.8) is 0 Å². The molecule has 0 aliphatic rings. The molecule has 0 amide bonds. The molecule has 0 aromatic carbocycles. The van der Waals surface area contributed by atoms with Crippen LogP contribution in [-0.2, 0) is 16.1 Å². The zero-order valence-electron chi connectivity index (χ0n) is 8.94. The summed E-state index contributed by atoms with van der Waals surface area (Å²) in [4.78, 5) is 22.8. The van der Waals surface area contributed by atoms with Crippen LogP contribution in [0.5, 0.6) is 0 Å². The molecule has 6 heteroatoms. The summed E-state index contributed by atoms with van der Waals surface area (Å²) in [6.45, 7) is 1.14. The first-order valence-corrected chi connectivity index (χ1v) is 5.33. The normalized spacial score (nSPS) is 14.2. The van der Waals surface area contributed by atoms with Gasteiger partial charge in [0.15, 0.2) is 5.60 Å². The first-order valence-electron chi connectivity index (χ1n) is 4.54. The molecule has 0 aliphatic carbocycles. The van der Waals surface area contributed by atoms with Gasteiger partial charge in [0.25, 0.3) is 5.56 Å². The van der Waals surface area contributed by atoms with Gasteiger partial charge in [-0.2, -0.15) is 0 Å². The first kappa shape index (κ1) is 12.9. The maximum Gasteiger partial charge on any atom is 0.339 e. The van der Waals surface area contributed by atoms with Crippen LogP contribution in [0.15, 0.2) is 27.6 Å². The van der Waals surface area contributed by atoms with E-state index in [0.717, 1.165) is 0 Å². The number of carbonyl (C=O) groups is 1. The van der Waals surface area contributed by atoms with E-state index < -0.39 is 11.6 Å². The molecule has 0 fully saturated rings. The second-order valence-corrected chi connectivity index (χ2v) is 4.41. The fourth-order valence-electron chi connectivity index (χ4n) is 1.25. The highest BCUT2D eigenvalue weighted by Gasteiger charge is 2.32. The third-order valence-corrected chi connectivity index (χ3v) is 2.68. The maximum atomic E-state index is 11.6. The molecular formula is C10H12BrNO4. The quantitative estimate of drug-likeness (QED) is 0.825. The van der Waals surface area contributed by atoms with Gasteiger partial charge in [-0.05, 0) is 35.0 Å². The SMILES string of the molecule is COC(=O)C(C)(O)Cn1cccc(Br)c1=O. The van der Waals surface area contributed by atoms with E-state index >= 15 is 0 Å². The molecule has 1 heterocycles. The fourth-order valence-corrected chi connectivity index (χ4v) is 1.63. The molecule has 5 nitrogen and oxygen atoms in total. The van der Waals surface area contributed by atoms with Crippen LogP contribution in [0.2, 0.25) is 0 Å². The summed E-state index contributed by atoms with van der Waals surface area (Å²) in [6, 6.07) is 3.23. The highest BCUT2D eigenvalue weighted by Crippen LogP contribution is 2.09. The lowest BCUT2D eigenvalue weighted by atomic mass is 10.1. The Labute approximate surface area is 101 Å². The summed E-state index contributed by atoms with van der Waals surface area (Å²) in [6.07, 6.45) is 1.49. The Morgan fingerprint density at radius 2 is 2.31 bits per heavy atom. The molecule has 1 aromatic rings. The second kappa shape index (κ2) is 4.80. The Bertz CT molecular complexity index is 452. The minimum absolute atomic E-state index is 0.155. The summed E-state index contributed by atoms with van der Waals surface area (Å²) in [7, 11) is 1.18. The highest BCUT2D eigenvalue weighted by molar-refractivity contribution is 9.10. The van der Waals surface area contributed by atoms with Crippen LogP contribution in [-0.4, -0.2) is 28.4 Å². The second-order valence-electron chi connectivity index (χ2n) is 3.55. The molecule has 16 heavy (non-hydrogen) atoms. The number of aliphatic hydroxyl groups is 1. The summed E-state index contributed by atoms with van der Waals surface area (Å²) >= 11 is 3.08. The van der Waals surface area contributed by atoms with Crippen molar-refractivity contribution < 1.29 is 14.6 Å². The third kappa shape index (κ3) is 2.70. The molecular weight excluding hydrogens is 278 g/mol. The van der Waals surface area contributed by atoms with Crippen molar-refractivity contribution in [3.8, 4) is 0 Å². The van der Waals surface area contributed by atoms with Crippen LogP contribution >= 0.6 is 15.9 Å². The van der Waals surface area contributed by atoms with Crippen LogP contribution in [0.1, 0.15) is 6.92 Å². The predicted octanol–water partition coefficient (Wildman–Crippen LogP) is 0.535. The van der Waals surface area contributed by atoms with Crippen LogP contribution in [0.4, 0.5) is 0 Å². The standard InChI is InChI=1S/C10H12BrNO4/c1-10(15,9(14)16-2)6-12-5-3-4-7(11)8(12)13/h3-5,15H,6H2,1-2H3. The number of pyridine rings is 1. The van der Waals surface area contributed by atoms with Crippen molar-refractivity contribution in [1.29, 1.82) is 0 Å². The number of nitrogens with zero attached hydrogens (tertiary/aromatic N) is 1. The minimum Gasteiger partial charge on any atom is -0.467 e. The zero-order chi connectivity index (χ0) is 12.3. The van der Waals surface area contributed by atoms with Gasteiger partial charge in [0.1, 0.15) is 0 Å². The van der Waals surface area contributed by atoms with E-state index in [9.17, 15) is 14.7 Å². The number of carbonyl (C=O) groups excluding carboxylic acids is 1. The number of methoxy groups -OCH3 is 1. The molecule has 0 spiro atoms. The fraction of sp³-hybridized carbons (Fsp3) is 0.400. The van der Waals surface area contributed by atoms with Gasteiger partial charge in [0.05, 0.1) is 18.1 Å². The first-order chi connectivity index (χ1) is 7.38. The minimum atomic E-state index is -1.72. The number of halogens is 1. The molecule has 0 aliphatic heterocycles. The van der Waals surface area contributed by atoms with E-state index in [0.29, 0.717) is 4.47 Å². The Morgan fingerprint density at radius 1 is 1.69 bits per heavy atom. The van der Waals surface area contributed by atoms with E-state index in [2.05, 4.69) is 20.7 Å². The van der Waals surface area contributed by atoms with Crippen molar-refractivity contribution in [1.82, 2.24) is 4.57 Å². The molecule has 1 unspecified atom stereocenters. The number of hydrogen-bond acceptors (Lipinski definition) is 4. The van der Waals surface area contributed by atoms with Crippen LogP contribution in [0.3, 0.4) is 0 Å². The molecule has 1 atom stereocenters. The van der Waals surface area contributed by atoms with Gasteiger partial charge >= 0.3 is 5.97 Å². The third-order valence-electron chi connectivity index (χ3n) is 2.08. The van der Waals surface area contributed by atoms with Crippen molar-refractivity contribution >= 4 is 21.9 Å². The molecule has 1 N–H and O–H groups in total. The topological polar surface area (TPSA) is 68.5 Å². The number of ether oxygens (including phenoxy) is 1. The van der Waals surface area contributed by atoms with Crippen LogP contribution in [0, 0.1) is 0 Å². The van der Waals surface area contributed by atoms with Crippen molar-refractivity contribution in [2.75, 3.05) is 7.11 Å². The Balaban J connectivity index is 3.01. The van der Waals surface area contributed by atoms with E-state index in [1.807, 2.05) is 0 Å². The van der Waals surface area contributed by atoms with Crippen molar-refractivity contribution in [2.24, 2.45) is 0 Å². The maximum absolute atomic E-state index is 11.6. The molecule has 0 saturated carbocycles. The Hall–Kier alpha value is -1.14. The smallest absolute Gasteiger partial charge is 0.339 e.